The van der Waals surface area contributed by atoms with Crippen LogP contribution in [0.1, 0.15) is 11.4 Å². The van der Waals surface area contributed by atoms with Crippen molar-refractivity contribution < 1.29 is 4.74 Å². The van der Waals surface area contributed by atoms with E-state index >= 15 is 0 Å². The van der Waals surface area contributed by atoms with E-state index in [1.807, 2.05) is 23.9 Å². The van der Waals surface area contributed by atoms with Gasteiger partial charge in [-0.2, -0.15) is 5.10 Å². The van der Waals surface area contributed by atoms with E-state index in [1.54, 1.807) is 13.4 Å². The average Bonchev–Trinajstić information content (AvgIpc) is 2.85. The van der Waals surface area contributed by atoms with Crippen molar-refractivity contribution in [3.63, 3.8) is 0 Å². The van der Waals surface area contributed by atoms with Crippen molar-refractivity contribution in [1.82, 2.24) is 20.1 Å². The van der Waals surface area contributed by atoms with Gasteiger partial charge in [0.05, 0.1) is 13.7 Å². The Hall–Kier alpha value is -1.88. The number of hydrogen-bond donors (Lipinski definition) is 1. The molecule has 0 radical (unpaired) electrons. The lowest BCUT2D eigenvalue weighted by Crippen LogP contribution is -2.08. The van der Waals surface area contributed by atoms with Crippen LogP contribution in [0, 0.1) is 0 Å². The second-order valence-corrected chi connectivity index (χ2v) is 4.05. The predicted octanol–water partition coefficient (Wildman–Crippen LogP) is 1.25. The number of ether oxygens (including phenoxy) is 1. The van der Waals surface area contributed by atoms with Crippen molar-refractivity contribution in [2.45, 2.75) is 19.5 Å². The van der Waals surface area contributed by atoms with Gasteiger partial charge < -0.3 is 10.1 Å². The predicted molar refractivity (Wildman–Crippen MR) is 69.5 cm³/mol. The number of nitrogens with one attached hydrogen (secondary N) is 1. The van der Waals surface area contributed by atoms with E-state index in [0.29, 0.717) is 6.54 Å². The lowest BCUT2D eigenvalue weighted by atomic mass is 10.1. The van der Waals surface area contributed by atoms with Gasteiger partial charge in [0.25, 0.3) is 0 Å². The Morgan fingerprint density at radius 3 is 2.72 bits per heavy atom. The number of benzene rings is 1. The van der Waals surface area contributed by atoms with Crippen LogP contribution in [-0.4, -0.2) is 28.9 Å². The largest absolute Gasteiger partial charge is 0.497 e. The van der Waals surface area contributed by atoms with E-state index in [2.05, 4.69) is 27.5 Å². The Balaban J connectivity index is 1.89. The van der Waals surface area contributed by atoms with Gasteiger partial charge in [0.1, 0.15) is 12.1 Å². The summed E-state index contributed by atoms with van der Waals surface area (Å²) in [6, 6.07) is 8.10. The van der Waals surface area contributed by atoms with Gasteiger partial charge in [-0.15, -0.1) is 0 Å². The molecule has 0 saturated heterocycles. The van der Waals surface area contributed by atoms with E-state index in [-0.39, 0.29) is 0 Å². The Kier molecular flexibility index (Phi) is 4.30. The van der Waals surface area contributed by atoms with Crippen LogP contribution >= 0.6 is 0 Å². The molecule has 0 atom stereocenters. The van der Waals surface area contributed by atoms with Gasteiger partial charge in [-0.05, 0) is 31.2 Å². The molecule has 0 unspecified atom stereocenters. The van der Waals surface area contributed by atoms with Crippen molar-refractivity contribution in [1.29, 1.82) is 0 Å². The fourth-order valence-electron chi connectivity index (χ4n) is 1.72. The lowest BCUT2D eigenvalue weighted by molar-refractivity contribution is 0.414. The molecule has 2 rings (SSSR count). The summed E-state index contributed by atoms with van der Waals surface area (Å²) in [5.41, 5.74) is 1.27. The molecule has 1 heterocycles. The molecule has 18 heavy (non-hydrogen) atoms. The van der Waals surface area contributed by atoms with Crippen LogP contribution in [0.3, 0.4) is 0 Å². The van der Waals surface area contributed by atoms with Crippen LogP contribution in [-0.2, 0) is 19.5 Å². The molecular formula is C13H18N4O. The summed E-state index contributed by atoms with van der Waals surface area (Å²) in [5, 5.41) is 7.40. The van der Waals surface area contributed by atoms with E-state index in [1.165, 1.54) is 5.56 Å². The zero-order chi connectivity index (χ0) is 12.8. The first kappa shape index (κ1) is 12.6. The summed E-state index contributed by atoms with van der Waals surface area (Å²) >= 11 is 0. The maximum absolute atomic E-state index is 5.13. The van der Waals surface area contributed by atoms with Gasteiger partial charge in [-0.3, -0.25) is 4.68 Å². The third-order valence-electron chi connectivity index (χ3n) is 2.71. The Bertz CT molecular complexity index is 478. The van der Waals surface area contributed by atoms with Gasteiger partial charge in [-0.25, -0.2) is 4.98 Å². The van der Waals surface area contributed by atoms with E-state index in [4.69, 9.17) is 4.74 Å². The maximum Gasteiger partial charge on any atom is 0.164 e. The van der Waals surface area contributed by atoms with Crippen molar-refractivity contribution in [3.8, 4) is 5.75 Å². The molecule has 0 amide bonds. The molecule has 0 bridgehead atoms. The zero-order valence-corrected chi connectivity index (χ0v) is 10.8. The second kappa shape index (κ2) is 6.16. The molecule has 5 heteroatoms. The second-order valence-electron chi connectivity index (χ2n) is 4.05. The summed E-state index contributed by atoms with van der Waals surface area (Å²) < 4.78 is 7.00. The molecule has 0 spiro atoms. The van der Waals surface area contributed by atoms with Crippen molar-refractivity contribution in [2.24, 2.45) is 0 Å². The zero-order valence-electron chi connectivity index (χ0n) is 10.8. The smallest absolute Gasteiger partial charge is 0.164 e. The van der Waals surface area contributed by atoms with Crippen LogP contribution in [0.25, 0.3) is 0 Å². The van der Waals surface area contributed by atoms with Gasteiger partial charge in [-0.1, -0.05) is 12.1 Å². The van der Waals surface area contributed by atoms with Crippen LogP contribution in [0.2, 0.25) is 0 Å². The molecule has 1 aromatic carbocycles. The maximum atomic E-state index is 5.13. The first-order valence-corrected chi connectivity index (χ1v) is 5.97. The third-order valence-corrected chi connectivity index (χ3v) is 2.71. The normalized spacial score (nSPS) is 10.6. The molecule has 1 N–H and O–H groups in total. The summed E-state index contributed by atoms with van der Waals surface area (Å²) in [7, 11) is 3.56. The highest BCUT2D eigenvalue weighted by Crippen LogP contribution is 2.11. The monoisotopic (exact) mass is 246 g/mol. The number of aromatic nitrogens is 3. The lowest BCUT2D eigenvalue weighted by Gasteiger charge is -2.03. The summed E-state index contributed by atoms with van der Waals surface area (Å²) in [4.78, 5) is 4.21. The summed E-state index contributed by atoms with van der Waals surface area (Å²) in [6.45, 7) is 1.54. The highest BCUT2D eigenvalue weighted by Gasteiger charge is 2.00. The van der Waals surface area contributed by atoms with Crippen molar-refractivity contribution >= 4 is 0 Å². The fourth-order valence-corrected chi connectivity index (χ4v) is 1.72. The van der Waals surface area contributed by atoms with Gasteiger partial charge in [0.2, 0.25) is 0 Å². The molecule has 0 aliphatic carbocycles. The van der Waals surface area contributed by atoms with Gasteiger partial charge in [0, 0.05) is 6.54 Å². The van der Waals surface area contributed by atoms with E-state index in [9.17, 15) is 0 Å². The minimum absolute atomic E-state index is 0.704. The van der Waals surface area contributed by atoms with Crippen molar-refractivity contribution in [3.05, 3.63) is 42.0 Å². The molecule has 96 valence electrons. The molecule has 2 aromatic rings. The van der Waals surface area contributed by atoms with Crippen LogP contribution in [0.4, 0.5) is 0 Å². The molecule has 0 aliphatic rings. The minimum Gasteiger partial charge on any atom is -0.497 e. The van der Waals surface area contributed by atoms with Crippen LogP contribution < -0.4 is 10.1 Å². The summed E-state index contributed by atoms with van der Waals surface area (Å²) in [6.07, 6.45) is 2.71. The van der Waals surface area contributed by atoms with Crippen LogP contribution in [0.15, 0.2) is 30.6 Å². The quantitative estimate of drug-likeness (QED) is 0.833. The van der Waals surface area contributed by atoms with E-state index < -0.39 is 0 Å². The van der Waals surface area contributed by atoms with E-state index in [0.717, 1.165) is 24.5 Å². The Labute approximate surface area is 107 Å². The average molecular weight is 246 g/mol. The Morgan fingerprint density at radius 1 is 1.28 bits per heavy atom. The standard InChI is InChI=1S/C13H18N4O/c1-14-9-13-15-10-17(16-13)8-7-11-3-5-12(18-2)6-4-11/h3-6,10,14H,7-9H2,1-2H3. The topological polar surface area (TPSA) is 52.0 Å². The number of methoxy groups -OCH3 is 1. The molecule has 1 aromatic heterocycles. The molecule has 0 fully saturated rings. The van der Waals surface area contributed by atoms with Gasteiger partial charge >= 0.3 is 0 Å². The SMILES string of the molecule is CNCc1ncn(CCc2ccc(OC)cc2)n1. The first-order valence-electron chi connectivity index (χ1n) is 5.97. The molecule has 0 aliphatic heterocycles. The summed E-state index contributed by atoms with van der Waals surface area (Å²) in [5.74, 6) is 1.71. The molecular weight excluding hydrogens is 228 g/mol. The van der Waals surface area contributed by atoms with Crippen molar-refractivity contribution in [2.75, 3.05) is 14.2 Å². The minimum atomic E-state index is 0.704. The first-order chi connectivity index (χ1) is 8.81. The highest BCUT2D eigenvalue weighted by molar-refractivity contribution is 5.27. The number of rotatable bonds is 6. The molecule has 0 saturated carbocycles. The number of aryl methyl sites for hydroxylation is 2. The Morgan fingerprint density at radius 2 is 2.06 bits per heavy atom. The fraction of sp³-hybridized carbons (Fsp3) is 0.385. The molecule has 5 nitrogen and oxygen atoms in total. The third kappa shape index (κ3) is 3.30. The number of hydrogen-bond acceptors (Lipinski definition) is 4. The van der Waals surface area contributed by atoms with Gasteiger partial charge in [0.15, 0.2) is 5.82 Å². The van der Waals surface area contributed by atoms with Crippen LogP contribution in [0.5, 0.6) is 5.75 Å². The highest BCUT2D eigenvalue weighted by atomic mass is 16.5. The number of nitrogens with zero attached hydrogens (tertiary/aromatic N) is 3.